The zero-order valence-electron chi connectivity index (χ0n) is 14.8. The second kappa shape index (κ2) is 7.00. The summed E-state index contributed by atoms with van der Waals surface area (Å²) in [5.74, 6) is -0.0454. The Labute approximate surface area is 157 Å². The minimum atomic E-state index is -0.328. The van der Waals surface area contributed by atoms with Crippen LogP contribution in [0.5, 0.6) is 0 Å². The van der Waals surface area contributed by atoms with Crippen LogP contribution >= 0.6 is 0 Å². The molecule has 0 fully saturated rings. The molecule has 1 aliphatic heterocycles. The van der Waals surface area contributed by atoms with Crippen LogP contribution in [0.15, 0.2) is 89.6 Å². The normalized spacial score (nSPS) is 15.3. The van der Waals surface area contributed by atoms with Crippen molar-refractivity contribution < 1.29 is 9.18 Å². The molecule has 3 aromatic carbocycles. The van der Waals surface area contributed by atoms with Gasteiger partial charge < -0.3 is 0 Å². The molecular weight excluding hydrogens is 339 g/mol. The zero-order valence-corrected chi connectivity index (χ0v) is 14.8. The molecular formula is C23H17FN2O. The zero-order chi connectivity index (χ0) is 18.8. The summed E-state index contributed by atoms with van der Waals surface area (Å²) in [5, 5.41) is 0. The molecule has 0 N–H and O–H groups in total. The Morgan fingerprint density at radius 2 is 1.56 bits per heavy atom. The van der Waals surface area contributed by atoms with Crippen LogP contribution in [0.4, 0.5) is 10.1 Å². The Morgan fingerprint density at radius 1 is 0.889 bits per heavy atom. The van der Waals surface area contributed by atoms with Gasteiger partial charge in [-0.3, -0.25) is 9.69 Å². The Morgan fingerprint density at radius 3 is 2.22 bits per heavy atom. The highest BCUT2D eigenvalue weighted by Gasteiger charge is 2.32. The maximum atomic E-state index is 13.3. The maximum Gasteiger partial charge on any atom is 0.282 e. The van der Waals surface area contributed by atoms with E-state index in [4.69, 9.17) is 0 Å². The number of nitrogens with zero attached hydrogens (tertiary/aromatic N) is 2. The molecule has 0 spiro atoms. The predicted molar refractivity (Wildman–Crippen MR) is 106 cm³/mol. The Bertz CT molecular complexity index is 1040. The number of carbonyl (C=O) groups excluding carboxylic acids is 1. The van der Waals surface area contributed by atoms with Crippen LogP contribution in [0.1, 0.15) is 16.7 Å². The molecule has 1 amide bonds. The first kappa shape index (κ1) is 16.9. The first-order chi connectivity index (χ1) is 13.1. The molecule has 4 rings (SSSR count). The number of carbonyl (C=O) groups is 1. The summed E-state index contributed by atoms with van der Waals surface area (Å²) >= 11 is 0. The van der Waals surface area contributed by atoms with E-state index in [2.05, 4.69) is 4.99 Å². The van der Waals surface area contributed by atoms with Crippen molar-refractivity contribution in [2.45, 2.75) is 6.92 Å². The Hall–Kier alpha value is -3.53. The molecule has 3 aromatic rings. The van der Waals surface area contributed by atoms with Crippen LogP contribution in [0.25, 0.3) is 6.08 Å². The van der Waals surface area contributed by atoms with E-state index in [1.54, 1.807) is 23.1 Å². The lowest BCUT2D eigenvalue weighted by atomic mass is 10.1. The summed E-state index contributed by atoms with van der Waals surface area (Å²) in [6.45, 7) is 2.01. The minimum absolute atomic E-state index is 0.207. The molecule has 0 atom stereocenters. The van der Waals surface area contributed by atoms with E-state index in [1.165, 1.54) is 12.1 Å². The van der Waals surface area contributed by atoms with Gasteiger partial charge in [-0.1, -0.05) is 48.0 Å². The molecule has 0 saturated heterocycles. The van der Waals surface area contributed by atoms with E-state index >= 15 is 0 Å². The smallest absolute Gasteiger partial charge is 0.266 e. The molecule has 0 radical (unpaired) electrons. The fourth-order valence-corrected chi connectivity index (χ4v) is 2.95. The standard InChI is InChI=1S/C23H17FN2O/c1-16-7-9-17(10-8-16)15-21-23(27)26(20-5-3-2-4-6-20)22(25-21)18-11-13-19(24)14-12-18/h2-15H,1H3/b21-15+. The summed E-state index contributed by atoms with van der Waals surface area (Å²) in [5.41, 5.74) is 3.80. The van der Waals surface area contributed by atoms with Gasteiger partial charge in [0.05, 0.1) is 5.69 Å². The SMILES string of the molecule is Cc1ccc(/C=C2/N=C(c3ccc(F)cc3)N(c3ccccc3)C2=O)cc1. The molecule has 27 heavy (non-hydrogen) atoms. The van der Waals surface area contributed by atoms with Crippen molar-refractivity contribution in [2.24, 2.45) is 4.99 Å². The number of rotatable bonds is 3. The van der Waals surface area contributed by atoms with Gasteiger partial charge in [-0.25, -0.2) is 9.38 Å². The number of anilines is 1. The van der Waals surface area contributed by atoms with E-state index in [9.17, 15) is 9.18 Å². The van der Waals surface area contributed by atoms with Crippen LogP contribution < -0.4 is 4.90 Å². The largest absolute Gasteiger partial charge is 0.282 e. The van der Waals surface area contributed by atoms with Gasteiger partial charge >= 0.3 is 0 Å². The summed E-state index contributed by atoms with van der Waals surface area (Å²) < 4.78 is 13.3. The number of benzene rings is 3. The number of hydrogen-bond acceptors (Lipinski definition) is 2. The Kier molecular flexibility index (Phi) is 4.38. The van der Waals surface area contributed by atoms with E-state index in [1.807, 2.05) is 61.5 Å². The molecule has 0 unspecified atom stereocenters. The van der Waals surface area contributed by atoms with Gasteiger partial charge in [0.1, 0.15) is 17.3 Å². The van der Waals surface area contributed by atoms with Crippen LogP contribution in [0, 0.1) is 12.7 Å². The summed E-state index contributed by atoms with van der Waals surface area (Å²) in [7, 11) is 0. The molecule has 132 valence electrons. The van der Waals surface area contributed by atoms with Gasteiger partial charge in [-0.05, 0) is 55.0 Å². The molecule has 1 heterocycles. The monoisotopic (exact) mass is 356 g/mol. The number of amidine groups is 1. The van der Waals surface area contributed by atoms with E-state index in [0.717, 1.165) is 16.8 Å². The van der Waals surface area contributed by atoms with E-state index in [0.29, 0.717) is 17.1 Å². The second-order valence-corrected chi connectivity index (χ2v) is 6.36. The highest BCUT2D eigenvalue weighted by atomic mass is 19.1. The number of aliphatic imine (C=N–C) groups is 1. The van der Waals surface area contributed by atoms with Crippen molar-refractivity contribution in [2.75, 3.05) is 4.90 Å². The van der Waals surface area contributed by atoms with Gasteiger partial charge in [0.15, 0.2) is 0 Å². The average molecular weight is 356 g/mol. The lowest BCUT2D eigenvalue weighted by Gasteiger charge is -2.18. The van der Waals surface area contributed by atoms with Crippen molar-refractivity contribution in [3.63, 3.8) is 0 Å². The third-order valence-corrected chi connectivity index (χ3v) is 4.36. The van der Waals surface area contributed by atoms with Gasteiger partial charge in [-0.15, -0.1) is 0 Å². The van der Waals surface area contributed by atoms with Crippen LogP contribution in [0.2, 0.25) is 0 Å². The molecule has 0 saturated carbocycles. The second-order valence-electron chi connectivity index (χ2n) is 6.36. The number of hydrogen-bond donors (Lipinski definition) is 0. The van der Waals surface area contributed by atoms with Crippen LogP contribution in [-0.2, 0) is 4.79 Å². The Balaban J connectivity index is 1.81. The lowest BCUT2D eigenvalue weighted by molar-refractivity contribution is -0.113. The van der Waals surface area contributed by atoms with Gasteiger partial charge in [0.25, 0.3) is 5.91 Å². The average Bonchev–Trinajstić information content (AvgIpc) is 3.01. The van der Waals surface area contributed by atoms with Crippen molar-refractivity contribution in [3.05, 3.63) is 107 Å². The number of amides is 1. The fraction of sp³-hybridized carbons (Fsp3) is 0.0435. The third kappa shape index (κ3) is 3.42. The first-order valence-electron chi connectivity index (χ1n) is 8.64. The van der Waals surface area contributed by atoms with Crippen molar-refractivity contribution in [3.8, 4) is 0 Å². The quantitative estimate of drug-likeness (QED) is 0.610. The van der Waals surface area contributed by atoms with Crippen molar-refractivity contribution in [1.29, 1.82) is 0 Å². The molecule has 0 aliphatic carbocycles. The number of para-hydroxylation sites is 1. The van der Waals surface area contributed by atoms with Crippen LogP contribution in [-0.4, -0.2) is 11.7 Å². The molecule has 0 bridgehead atoms. The predicted octanol–water partition coefficient (Wildman–Crippen LogP) is 4.97. The minimum Gasteiger partial charge on any atom is -0.266 e. The highest BCUT2D eigenvalue weighted by Crippen LogP contribution is 2.27. The topological polar surface area (TPSA) is 32.7 Å². The maximum absolute atomic E-state index is 13.3. The van der Waals surface area contributed by atoms with Gasteiger partial charge in [-0.2, -0.15) is 0 Å². The summed E-state index contributed by atoms with van der Waals surface area (Å²) in [6, 6.07) is 23.2. The van der Waals surface area contributed by atoms with Crippen molar-refractivity contribution >= 4 is 23.5 Å². The molecule has 4 heteroatoms. The first-order valence-corrected chi connectivity index (χ1v) is 8.64. The third-order valence-electron chi connectivity index (χ3n) is 4.36. The van der Waals surface area contributed by atoms with E-state index < -0.39 is 0 Å². The molecule has 0 aromatic heterocycles. The fourth-order valence-electron chi connectivity index (χ4n) is 2.95. The highest BCUT2D eigenvalue weighted by molar-refractivity contribution is 6.33. The van der Waals surface area contributed by atoms with Crippen LogP contribution in [0.3, 0.4) is 0 Å². The summed E-state index contributed by atoms with van der Waals surface area (Å²) in [6.07, 6.45) is 1.77. The number of aryl methyl sites for hydroxylation is 1. The van der Waals surface area contributed by atoms with E-state index in [-0.39, 0.29) is 11.7 Å². The van der Waals surface area contributed by atoms with Crippen molar-refractivity contribution in [1.82, 2.24) is 0 Å². The molecule has 1 aliphatic rings. The van der Waals surface area contributed by atoms with Gasteiger partial charge in [0.2, 0.25) is 0 Å². The summed E-state index contributed by atoms with van der Waals surface area (Å²) in [4.78, 5) is 19.2. The lowest BCUT2D eigenvalue weighted by Crippen LogP contribution is -2.32. The molecule has 3 nitrogen and oxygen atoms in total. The number of halogens is 1. The van der Waals surface area contributed by atoms with Gasteiger partial charge in [0, 0.05) is 5.56 Å².